The number of anilines is 1. The topological polar surface area (TPSA) is 121 Å². The number of amides is 2. The summed E-state index contributed by atoms with van der Waals surface area (Å²) in [6.07, 6.45) is -6.35. The van der Waals surface area contributed by atoms with Crippen LogP contribution in [0, 0.1) is 6.92 Å². The maximum absolute atomic E-state index is 13.6. The summed E-state index contributed by atoms with van der Waals surface area (Å²) in [7, 11) is 2.64. The molecule has 0 saturated carbocycles. The molecule has 3 N–H and O–H groups in total. The lowest BCUT2D eigenvalue weighted by atomic mass is 10.0. The minimum absolute atomic E-state index is 0.0359. The van der Waals surface area contributed by atoms with Gasteiger partial charge in [0.05, 0.1) is 16.4 Å². The number of primary amides is 1. The van der Waals surface area contributed by atoms with Gasteiger partial charge in [-0.1, -0.05) is 0 Å². The molecule has 0 aliphatic rings. The normalized spacial score (nSPS) is 12.1. The first-order chi connectivity index (χ1) is 16.7. The summed E-state index contributed by atoms with van der Waals surface area (Å²) in [4.78, 5) is 28.9. The molecule has 0 spiro atoms. The fraction of sp³-hybridized carbons (Fsp3) is 0.250. The Labute approximate surface area is 211 Å². The van der Waals surface area contributed by atoms with Crippen LogP contribution in [-0.2, 0) is 20.3 Å². The van der Waals surface area contributed by atoms with Crippen molar-refractivity contribution in [3.05, 3.63) is 44.4 Å². The maximum atomic E-state index is 13.6. The highest BCUT2D eigenvalue weighted by molar-refractivity contribution is 9.10. The minimum atomic E-state index is -4.81. The smallest absolute Gasteiger partial charge is 0.365 e. The molecule has 36 heavy (non-hydrogen) atoms. The van der Waals surface area contributed by atoms with E-state index in [2.05, 4.69) is 36.4 Å². The lowest BCUT2D eigenvalue weighted by Gasteiger charge is -2.10. The van der Waals surface area contributed by atoms with Crippen LogP contribution < -0.4 is 11.1 Å². The number of aryl methyl sites for hydroxylation is 2. The predicted octanol–water partition coefficient (Wildman–Crippen LogP) is 4.81. The number of rotatable bonds is 5. The largest absolute Gasteiger partial charge is 0.434 e. The van der Waals surface area contributed by atoms with E-state index in [0.717, 1.165) is 13.1 Å². The Morgan fingerprint density at radius 2 is 1.86 bits per heavy atom. The fourth-order valence-electron chi connectivity index (χ4n) is 3.62. The third-order valence-electron chi connectivity index (χ3n) is 5.37. The number of pyridine rings is 1. The quantitative estimate of drug-likeness (QED) is 0.323. The van der Waals surface area contributed by atoms with Crippen LogP contribution in [0.1, 0.15) is 43.7 Å². The fourth-order valence-corrected chi connectivity index (χ4v) is 5.38. The Morgan fingerprint density at radius 3 is 2.36 bits per heavy atom. The van der Waals surface area contributed by atoms with Crippen molar-refractivity contribution in [2.75, 3.05) is 5.32 Å². The first kappa shape index (κ1) is 25.7. The number of nitrogens with two attached hydrogens (primary N) is 1. The molecule has 2 amide bonds. The van der Waals surface area contributed by atoms with Gasteiger partial charge in [-0.3, -0.25) is 19.0 Å². The van der Waals surface area contributed by atoms with Gasteiger partial charge in [0.2, 0.25) is 0 Å². The second kappa shape index (κ2) is 8.92. The Hall–Kier alpha value is -3.40. The van der Waals surface area contributed by atoms with E-state index in [9.17, 15) is 31.5 Å². The third-order valence-corrected chi connectivity index (χ3v) is 7.22. The average Bonchev–Trinajstić information content (AvgIpc) is 3.40. The number of nitrogens with one attached hydrogen (secondary N) is 1. The number of alkyl halides is 5. The molecule has 9 nitrogen and oxygen atoms in total. The first-order valence-electron chi connectivity index (χ1n) is 9.87. The van der Waals surface area contributed by atoms with Crippen LogP contribution in [0.4, 0.5) is 27.6 Å². The molecule has 0 unspecified atom stereocenters. The number of hydrogen-bond acceptors (Lipinski definition) is 6. The summed E-state index contributed by atoms with van der Waals surface area (Å²) in [5.41, 5.74) is 4.05. The van der Waals surface area contributed by atoms with Crippen molar-refractivity contribution in [3.8, 4) is 11.1 Å². The van der Waals surface area contributed by atoms with Crippen molar-refractivity contribution in [1.82, 2.24) is 24.5 Å². The highest BCUT2D eigenvalue weighted by atomic mass is 79.9. The van der Waals surface area contributed by atoms with Crippen molar-refractivity contribution < 1.29 is 31.5 Å². The Morgan fingerprint density at radius 1 is 1.19 bits per heavy atom. The van der Waals surface area contributed by atoms with Crippen LogP contribution >= 0.6 is 27.3 Å². The van der Waals surface area contributed by atoms with E-state index in [1.807, 2.05) is 0 Å². The van der Waals surface area contributed by atoms with Gasteiger partial charge in [0.25, 0.3) is 18.2 Å². The van der Waals surface area contributed by atoms with Crippen LogP contribution in [-0.4, -0.2) is 36.4 Å². The summed E-state index contributed by atoms with van der Waals surface area (Å²) in [6.45, 7) is 1.68. The Kier molecular flexibility index (Phi) is 6.36. The van der Waals surface area contributed by atoms with Crippen LogP contribution in [0.2, 0.25) is 0 Å². The van der Waals surface area contributed by atoms with E-state index in [1.54, 1.807) is 14.0 Å². The SMILES string of the molecule is Cc1c(-c2cc(C(F)F)nc3sc(C(N)=O)c(NC(=O)c4nn(C)c(C(F)(F)F)c4Br)c23)cnn1C. The molecule has 4 aromatic heterocycles. The van der Waals surface area contributed by atoms with E-state index < -0.39 is 46.0 Å². The highest BCUT2D eigenvalue weighted by Crippen LogP contribution is 2.44. The summed E-state index contributed by atoms with van der Waals surface area (Å²) in [6, 6.07) is 1.10. The van der Waals surface area contributed by atoms with E-state index >= 15 is 0 Å². The summed E-state index contributed by atoms with van der Waals surface area (Å²) in [5, 5.41) is 10.2. The zero-order chi connectivity index (χ0) is 26.7. The van der Waals surface area contributed by atoms with Crippen molar-refractivity contribution in [3.63, 3.8) is 0 Å². The number of carbonyl (C=O) groups is 2. The van der Waals surface area contributed by atoms with Gasteiger partial charge in [0, 0.05) is 30.7 Å². The molecule has 0 atom stereocenters. The van der Waals surface area contributed by atoms with Crippen LogP contribution in [0.5, 0.6) is 0 Å². The molecule has 190 valence electrons. The van der Waals surface area contributed by atoms with Crippen LogP contribution in [0.3, 0.4) is 0 Å². The Bertz CT molecular complexity index is 1540. The van der Waals surface area contributed by atoms with E-state index in [-0.39, 0.29) is 26.3 Å². The molecule has 0 bridgehead atoms. The number of thiophene rings is 1. The van der Waals surface area contributed by atoms with Crippen molar-refractivity contribution in [1.29, 1.82) is 0 Å². The molecule has 4 rings (SSSR count). The second-order valence-electron chi connectivity index (χ2n) is 7.60. The molecule has 0 aromatic carbocycles. The number of hydrogen-bond donors (Lipinski definition) is 2. The monoisotopic (exact) mass is 591 g/mol. The lowest BCUT2D eigenvalue weighted by molar-refractivity contribution is -0.144. The molecule has 4 aromatic rings. The molecule has 0 radical (unpaired) electrons. The van der Waals surface area contributed by atoms with Crippen molar-refractivity contribution in [2.24, 2.45) is 19.8 Å². The standard InChI is InChI=1S/C20H15BrF5N7O2S/c1-6-8(5-28-32(6)2)7-4-9(16(22)23)29-19-10(7)12(14(36-19)17(27)34)30-18(35)13-11(21)15(20(24,25)26)33(3)31-13/h4-5,16H,1-3H3,(H2,27,34)(H,30,35). The highest BCUT2D eigenvalue weighted by Gasteiger charge is 2.40. The predicted molar refractivity (Wildman–Crippen MR) is 124 cm³/mol. The van der Waals surface area contributed by atoms with Gasteiger partial charge in [-0.05, 0) is 34.5 Å². The van der Waals surface area contributed by atoms with Gasteiger partial charge in [0.15, 0.2) is 11.4 Å². The molecule has 4 heterocycles. The van der Waals surface area contributed by atoms with Gasteiger partial charge < -0.3 is 11.1 Å². The molecule has 0 aliphatic carbocycles. The molecule has 0 aliphatic heterocycles. The molecule has 0 fully saturated rings. The summed E-state index contributed by atoms with van der Waals surface area (Å²) in [5.74, 6) is -2.10. The first-order valence-corrected chi connectivity index (χ1v) is 11.5. The van der Waals surface area contributed by atoms with Crippen molar-refractivity contribution in [2.45, 2.75) is 19.5 Å². The van der Waals surface area contributed by atoms with Gasteiger partial charge in [-0.15, -0.1) is 11.3 Å². The zero-order valence-corrected chi connectivity index (χ0v) is 20.9. The molecule has 16 heteroatoms. The number of carbonyl (C=O) groups excluding carboxylic acids is 2. The van der Waals surface area contributed by atoms with Crippen LogP contribution in [0.15, 0.2) is 16.7 Å². The van der Waals surface area contributed by atoms with Gasteiger partial charge in [-0.25, -0.2) is 13.8 Å². The second-order valence-corrected chi connectivity index (χ2v) is 9.39. The summed E-state index contributed by atoms with van der Waals surface area (Å²) < 4.78 is 68.7. The summed E-state index contributed by atoms with van der Waals surface area (Å²) >= 11 is 3.43. The van der Waals surface area contributed by atoms with Gasteiger partial charge in [0.1, 0.15) is 15.4 Å². The number of fused-ring (bicyclic) bond motifs is 1. The maximum Gasteiger partial charge on any atom is 0.434 e. The van der Waals surface area contributed by atoms with E-state index in [4.69, 9.17) is 5.73 Å². The van der Waals surface area contributed by atoms with Gasteiger partial charge in [-0.2, -0.15) is 23.4 Å². The third kappa shape index (κ3) is 4.23. The van der Waals surface area contributed by atoms with Gasteiger partial charge >= 0.3 is 6.18 Å². The molecule has 0 saturated heterocycles. The number of aromatic nitrogens is 5. The number of nitrogens with zero attached hydrogens (tertiary/aromatic N) is 5. The molecular weight excluding hydrogens is 577 g/mol. The Balaban J connectivity index is 1.96. The lowest BCUT2D eigenvalue weighted by Crippen LogP contribution is -2.17. The van der Waals surface area contributed by atoms with E-state index in [0.29, 0.717) is 27.3 Å². The van der Waals surface area contributed by atoms with Crippen LogP contribution in [0.25, 0.3) is 21.3 Å². The zero-order valence-electron chi connectivity index (χ0n) is 18.5. The van der Waals surface area contributed by atoms with Crippen molar-refractivity contribution >= 4 is 55.0 Å². The number of halogens is 6. The average molecular weight is 592 g/mol. The molecular formula is C20H15BrF5N7O2S. The minimum Gasteiger partial charge on any atom is -0.365 e. The van der Waals surface area contributed by atoms with E-state index in [1.165, 1.54) is 10.9 Å².